The smallest absolute Gasteiger partial charge is 0.131 e. The topological polar surface area (TPSA) is 53.7 Å². The maximum Gasteiger partial charge on any atom is 0.131 e. The largest absolute Gasteiger partial charge is 0.496 e. The summed E-state index contributed by atoms with van der Waals surface area (Å²) in [5.41, 5.74) is 7.47. The van der Waals surface area contributed by atoms with Gasteiger partial charge in [-0.15, -0.1) is 0 Å². The van der Waals surface area contributed by atoms with E-state index in [9.17, 15) is 0 Å². The summed E-state index contributed by atoms with van der Waals surface area (Å²) in [5.74, 6) is 2.72. The zero-order chi connectivity index (χ0) is 14.5. The highest BCUT2D eigenvalue weighted by Gasteiger charge is 2.27. The molecule has 0 aromatic heterocycles. The zero-order valence-electron chi connectivity index (χ0n) is 12.6. The molecule has 4 heteroatoms. The lowest BCUT2D eigenvalue weighted by Crippen LogP contribution is -2.24. The number of hydrogen-bond acceptors (Lipinski definition) is 4. The van der Waals surface area contributed by atoms with Crippen LogP contribution in [-0.2, 0) is 0 Å². The molecule has 0 amide bonds. The van der Waals surface area contributed by atoms with Crippen LogP contribution >= 0.6 is 0 Å². The molecule has 1 fully saturated rings. The molecule has 0 spiro atoms. The van der Waals surface area contributed by atoms with Crippen LogP contribution < -0.4 is 19.9 Å². The number of methoxy groups -OCH3 is 3. The second-order valence-corrected chi connectivity index (χ2v) is 5.37. The minimum absolute atomic E-state index is 0.0499. The summed E-state index contributed by atoms with van der Waals surface area (Å²) < 4.78 is 16.3. The molecule has 1 atom stereocenters. The molecule has 1 saturated carbocycles. The Labute approximate surface area is 121 Å². The number of rotatable bonds is 5. The van der Waals surface area contributed by atoms with E-state index < -0.39 is 0 Å². The molecule has 4 nitrogen and oxygen atoms in total. The molecule has 1 aliphatic carbocycles. The summed E-state index contributed by atoms with van der Waals surface area (Å²) in [6.07, 6.45) is 6.21. The Balaban J connectivity index is 2.36. The van der Waals surface area contributed by atoms with Crippen molar-refractivity contribution in [3.63, 3.8) is 0 Å². The van der Waals surface area contributed by atoms with Gasteiger partial charge >= 0.3 is 0 Å². The number of hydrogen-bond donors (Lipinski definition) is 1. The molecule has 112 valence electrons. The van der Waals surface area contributed by atoms with Crippen LogP contribution in [0.2, 0.25) is 0 Å². The van der Waals surface area contributed by atoms with Gasteiger partial charge in [-0.1, -0.05) is 19.3 Å². The van der Waals surface area contributed by atoms with Crippen LogP contribution in [0.3, 0.4) is 0 Å². The van der Waals surface area contributed by atoms with E-state index in [1.54, 1.807) is 21.3 Å². The van der Waals surface area contributed by atoms with Gasteiger partial charge in [0, 0.05) is 18.2 Å². The molecular weight excluding hydrogens is 254 g/mol. The van der Waals surface area contributed by atoms with Crippen LogP contribution in [0.4, 0.5) is 0 Å². The average Bonchev–Trinajstić information content (AvgIpc) is 2.53. The maximum absolute atomic E-state index is 6.51. The number of benzene rings is 1. The molecular formula is C16H25NO3. The first-order chi connectivity index (χ1) is 9.71. The summed E-state index contributed by atoms with van der Waals surface area (Å²) in [6.45, 7) is 0. The van der Waals surface area contributed by atoms with E-state index in [-0.39, 0.29) is 6.04 Å². The Hall–Kier alpha value is -1.42. The van der Waals surface area contributed by atoms with Gasteiger partial charge < -0.3 is 19.9 Å². The van der Waals surface area contributed by atoms with Crippen molar-refractivity contribution in [3.8, 4) is 17.2 Å². The highest BCUT2D eigenvalue weighted by molar-refractivity contribution is 5.52. The van der Waals surface area contributed by atoms with Gasteiger partial charge in [0.2, 0.25) is 0 Å². The van der Waals surface area contributed by atoms with Gasteiger partial charge in [0.15, 0.2) is 0 Å². The Morgan fingerprint density at radius 2 is 1.50 bits per heavy atom. The monoisotopic (exact) mass is 279 g/mol. The van der Waals surface area contributed by atoms with Crippen molar-refractivity contribution in [2.24, 2.45) is 11.7 Å². The highest BCUT2D eigenvalue weighted by atomic mass is 16.5. The Bertz CT molecular complexity index is 416. The molecule has 20 heavy (non-hydrogen) atoms. The summed E-state index contributed by atoms with van der Waals surface area (Å²) in [6, 6.07) is 3.70. The highest BCUT2D eigenvalue weighted by Crippen LogP contribution is 2.43. The van der Waals surface area contributed by atoms with Gasteiger partial charge in [-0.25, -0.2) is 0 Å². The van der Waals surface area contributed by atoms with E-state index in [4.69, 9.17) is 19.9 Å². The van der Waals surface area contributed by atoms with Crippen molar-refractivity contribution in [2.75, 3.05) is 21.3 Å². The summed E-state index contributed by atoms with van der Waals surface area (Å²) >= 11 is 0. The summed E-state index contributed by atoms with van der Waals surface area (Å²) in [7, 11) is 4.95. The minimum Gasteiger partial charge on any atom is -0.496 e. The molecule has 0 heterocycles. The maximum atomic E-state index is 6.51. The van der Waals surface area contributed by atoms with Gasteiger partial charge in [0.25, 0.3) is 0 Å². The Morgan fingerprint density at radius 1 is 0.950 bits per heavy atom. The van der Waals surface area contributed by atoms with E-state index in [1.807, 2.05) is 12.1 Å². The van der Waals surface area contributed by atoms with E-state index in [0.29, 0.717) is 5.92 Å². The van der Waals surface area contributed by atoms with Crippen LogP contribution in [0.5, 0.6) is 17.2 Å². The van der Waals surface area contributed by atoms with Crippen molar-refractivity contribution in [1.29, 1.82) is 0 Å². The number of nitrogens with two attached hydrogens (primary N) is 1. The second kappa shape index (κ2) is 6.84. The van der Waals surface area contributed by atoms with Crippen LogP contribution in [0.25, 0.3) is 0 Å². The third kappa shape index (κ3) is 3.01. The van der Waals surface area contributed by atoms with Crippen molar-refractivity contribution in [2.45, 2.75) is 38.1 Å². The summed E-state index contributed by atoms with van der Waals surface area (Å²) in [5, 5.41) is 0. The van der Waals surface area contributed by atoms with Crippen LogP contribution in [-0.4, -0.2) is 21.3 Å². The van der Waals surface area contributed by atoms with Gasteiger partial charge in [-0.05, 0) is 18.8 Å². The molecule has 0 radical (unpaired) electrons. The fourth-order valence-corrected chi connectivity index (χ4v) is 3.09. The van der Waals surface area contributed by atoms with Crippen molar-refractivity contribution < 1.29 is 14.2 Å². The van der Waals surface area contributed by atoms with Crippen molar-refractivity contribution in [1.82, 2.24) is 0 Å². The van der Waals surface area contributed by atoms with E-state index in [0.717, 1.165) is 22.8 Å². The Kier molecular flexibility index (Phi) is 5.12. The third-order valence-electron chi connectivity index (χ3n) is 4.24. The standard InChI is InChI=1S/C16H25NO3/c1-18-12-9-13(19-2)15(14(10-12)20-3)16(17)11-7-5-4-6-8-11/h9-11,16H,4-8,17H2,1-3H3/t16-/m1/s1. The molecule has 1 aromatic rings. The first-order valence-electron chi connectivity index (χ1n) is 7.26. The molecule has 2 N–H and O–H groups in total. The van der Waals surface area contributed by atoms with E-state index in [1.165, 1.54) is 32.1 Å². The van der Waals surface area contributed by atoms with Gasteiger partial charge in [0.05, 0.1) is 26.9 Å². The fraction of sp³-hybridized carbons (Fsp3) is 0.625. The van der Waals surface area contributed by atoms with Gasteiger partial charge in [-0.3, -0.25) is 0 Å². The molecule has 0 saturated heterocycles. The van der Waals surface area contributed by atoms with Crippen molar-refractivity contribution >= 4 is 0 Å². The lowest BCUT2D eigenvalue weighted by molar-refractivity contribution is 0.291. The van der Waals surface area contributed by atoms with Crippen LogP contribution in [0.15, 0.2) is 12.1 Å². The van der Waals surface area contributed by atoms with Crippen LogP contribution in [0, 0.1) is 5.92 Å². The molecule has 0 unspecified atom stereocenters. The first-order valence-corrected chi connectivity index (χ1v) is 7.26. The van der Waals surface area contributed by atoms with E-state index in [2.05, 4.69) is 0 Å². The fourth-order valence-electron chi connectivity index (χ4n) is 3.09. The average molecular weight is 279 g/mol. The number of ether oxygens (including phenoxy) is 3. The predicted octanol–water partition coefficient (Wildman–Crippen LogP) is 3.29. The SMILES string of the molecule is COc1cc(OC)c([C@H](N)C2CCCCC2)c(OC)c1. The van der Waals surface area contributed by atoms with Gasteiger partial charge in [0.1, 0.15) is 17.2 Å². The van der Waals surface area contributed by atoms with Crippen LogP contribution in [0.1, 0.15) is 43.7 Å². The third-order valence-corrected chi connectivity index (χ3v) is 4.24. The van der Waals surface area contributed by atoms with Crippen molar-refractivity contribution in [3.05, 3.63) is 17.7 Å². The molecule has 0 aliphatic heterocycles. The van der Waals surface area contributed by atoms with E-state index >= 15 is 0 Å². The molecule has 1 aliphatic rings. The second-order valence-electron chi connectivity index (χ2n) is 5.37. The lowest BCUT2D eigenvalue weighted by Gasteiger charge is -2.29. The summed E-state index contributed by atoms with van der Waals surface area (Å²) in [4.78, 5) is 0. The first kappa shape index (κ1) is 15.0. The normalized spacial score (nSPS) is 17.6. The molecule has 0 bridgehead atoms. The Morgan fingerprint density at radius 3 is 1.95 bits per heavy atom. The minimum atomic E-state index is -0.0499. The molecule has 1 aromatic carbocycles. The predicted molar refractivity (Wildman–Crippen MR) is 79.6 cm³/mol. The quantitative estimate of drug-likeness (QED) is 0.898. The van der Waals surface area contributed by atoms with Gasteiger partial charge in [-0.2, -0.15) is 0 Å². The lowest BCUT2D eigenvalue weighted by atomic mass is 9.81. The zero-order valence-corrected chi connectivity index (χ0v) is 12.6. The molecule has 2 rings (SSSR count).